The monoisotopic (exact) mass is 190 g/mol. The lowest BCUT2D eigenvalue weighted by molar-refractivity contribution is -0.147. The van der Waals surface area contributed by atoms with Crippen LogP contribution in [0.15, 0.2) is 0 Å². The maximum Gasteiger partial charge on any atom is 0.305 e. The molecule has 0 fully saturated rings. The summed E-state index contributed by atoms with van der Waals surface area (Å²) in [5.74, 6) is -0.305. The number of ether oxygens (including phenoxy) is 1. The predicted molar refractivity (Wildman–Crippen MR) is 48.2 cm³/mol. The first-order chi connectivity index (χ1) is 6.20. The van der Waals surface area contributed by atoms with E-state index in [0.717, 1.165) is 19.3 Å². The van der Waals surface area contributed by atoms with E-state index in [1.54, 1.807) is 0 Å². The van der Waals surface area contributed by atoms with Gasteiger partial charge in [0, 0.05) is 6.42 Å². The minimum atomic E-state index is -0.949. The third kappa shape index (κ3) is 7.74. The highest BCUT2D eigenvalue weighted by atomic mass is 16.5. The van der Waals surface area contributed by atoms with Gasteiger partial charge in [0.05, 0.1) is 6.61 Å². The van der Waals surface area contributed by atoms with Crippen molar-refractivity contribution in [2.75, 3.05) is 13.2 Å². The molecule has 2 N–H and O–H groups in total. The van der Waals surface area contributed by atoms with E-state index in [4.69, 9.17) is 14.9 Å². The molecule has 4 heteroatoms. The Morgan fingerprint density at radius 3 is 2.69 bits per heavy atom. The minimum absolute atomic E-state index is 0.110. The van der Waals surface area contributed by atoms with Gasteiger partial charge in [0.15, 0.2) is 0 Å². The summed E-state index contributed by atoms with van der Waals surface area (Å²) in [5, 5.41) is 17.3. The van der Waals surface area contributed by atoms with Gasteiger partial charge in [-0.2, -0.15) is 0 Å². The fraction of sp³-hybridized carbons (Fsp3) is 0.889. The van der Waals surface area contributed by atoms with E-state index in [9.17, 15) is 4.79 Å². The second-order valence-electron chi connectivity index (χ2n) is 2.98. The van der Waals surface area contributed by atoms with Crippen molar-refractivity contribution in [3.05, 3.63) is 0 Å². The van der Waals surface area contributed by atoms with Crippen LogP contribution in [0, 0.1) is 0 Å². The van der Waals surface area contributed by atoms with E-state index in [1.165, 1.54) is 0 Å². The number of carbonyl (C=O) groups is 1. The maximum absolute atomic E-state index is 10.9. The molecule has 0 saturated heterocycles. The molecule has 0 saturated carbocycles. The molecule has 0 bridgehead atoms. The first kappa shape index (κ1) is 12.4. The van der Waals surface area contributed by atoms with Crippen molar-refractivity contribution in [2.24, 2.45) is 0 Å². The number of hydrogen-bond acceptors (Lipinski definition) is 4. The van der Waals surface area contributed by atoms with E-state index in [1.807, 2.05) is 0 Å². The number of esters is 1. The van der Waals surface area contributed by atoms with Gasteiger partial charge in [-0.25, -0.2) is 0 Å². The topological polar surface area (TPSA) is 66.8 Å². The molecule has 0 aliphatic carbocycles. The molecule has 0 aromatic heterocycles. The summed E-state index contributed by atoms with van der Waals surface area (Å²) in [7, 11) is 0. The van der Waals surface area contributed by atoms with Crippen LogP contribution in [0.4, 0.5) is 0 Å². The van der Waals surface area contributed by atoms with Crippen molar-refractivity contribution in [3.63, 3.8) is 0 Å². The fourth-order valence-electron chi connectivity index (χ4n) is 0.833. The zero-order valence-corrected chi connectivity index (χ0v) is 8.03. The second-order valence-corrected chi connectivity index (χ2v) is 2.98. The zero-order chi connectivity index (χ0) is 10.1. The SMILES string of the molecule is CCCCCC(=O)OCC(O)CO. The summed E-state index contributed by atoms with van der Waals surface area (Å²) in [6, 6.07) is 0. The smallest absolute Gasteiger partial charge is 0.305 e. The highest BCUT2D eigenvalue weighted by Crippen LogP contribution is 2.00. The molecule has 0 aliphatic heterocycles. The van der Waals surface area contributed by atoms with Gasteiger partial charge in [-0.1, -0.05) is 19.8 Å². The number of rotatable bonds is 7. The molecule has 78 valence electrons. The van der Waals surface area contributed by atoms with E-state index < -0.39 is 6.10 Å². The largest absolute Gasteiger partial charge is 0.463 e. The first-order valence-electron chi connectivity index (χ1n) is 4.65. The van der Waals surface area contributed by atoms with Crippen LogP contribution in [0.2, 0.25) is 0 Å². The van der Waals surface area contributed by atoms with Crippen LogP contribution in [0.5, 0.6) is 0 Å². The van der Waals surface area contributed by atoms with Gasteiger partial charge < -0.3 is 14.9 Å². The molecule has 0 spiro atoms. The van der Waals surface area contributed by atoms with E-state index in [2.05, 4.69) is 6.92 Å². The van der Waals surface area contributed by atoms with E-state index in [-0.39, 0.29) is 19.2 Å². The second kappa shape index (κ2) is 8.01. The molecule has 0 rings (SSSR count). The number of aliphatic hydroxyl groups is 2. The van der Waals surface area contributed by atoms with Gasteiger partial charge >= 0.3 is 5.97 Å². The third-order valence-corrected chi connectivity index (χ3v) is 1.63. The van der Waals surface area contributed by atoms with Crippen molar-refractivity contribution < 1.29 is 19.7 Å². The summed E-state index contributed by atoms with van der Waals surface area (Å²) in [6.07, 6.45) is 2.34. The summed E-state index contributed by atoms with van der Waals surface area (Å²) in [6.45, 7) is 1.57. The predicted octanol–water partition coefficient (Wildman–Crippen LogP) is 0.463. The van der Waals surface area contributed by atoms with Crippen LogP contribution in [-0.4, -0.2) is 35.5 Å². The van der Waals surface area contributed by atoms with Gasteiger partial charge in [-0.15, -0.1) is 0 Å². The summed E-state index contributed by atoms with van der Waals surface area (Å²) >= 11 is 0. The normalized spacial score (nSPS) is 12.5. The Kier molecular flexibility index (Phi) is 7.63. The highest BCUT2D eigenvalue weighted by molar-refractivity contribution is 5.69. The highest BCUT2D eigenvalue weighted by Gasteiger charge is 2.06. The van der Waals surface area contributed by atoms with Crippen LogP contribution in [0.25, 0.3) is 0 Å². The number of unbranched alkanes of at least 4 members (excludes halogenated alkanes) is 2. The van der Waals surface area contributed by atoms with Crippen LogP contribution in [-0.2, 0) is 9.53 Å². The van der Waals surface area contributed by atoms with E-state index >= 15 is 0 Å². The molecular formula is C9H18O4. The molecule has 0 aromatic carbocycles. The standard InChI is InChI=1S/C9H18O4/c1-2-3-4-5-9(12)13-7-8(11)6-10/h8,10-11H,2-7H2,1H3. The summed E-state index contributed by atoms with van der Waals surface area (Å²) < 4.78 is 4.69. The molecule has 0 aliphatic rings. The van der Waals surface area contributed by atoms with Gasteiger partial charge in [-0.05, 0) is 6.42 Å². The van der Waals surface area contributed by atoms with Gasteiger partial charge in [0.1, 0.15) is 12.7 Å². The van der Waals surface area contributed by atoms with Gasteiger partial charge in [-0.3, -0.25) is 4.79 Å². The quantitative estimate of drug-likeness (QED) is 0.452. The molecule has 4 nitrogen and oxygen atoms in total. The summed E-state index contributed by atoms with van der Waals surface area (Å²) in [4.78, 5) is 10.9. The Labute approximate surface area is 78.5 Å². The average Bonchev–Trinajstić information content (AvgIpc) is 2.14. The number of carbonyl (C=O) groups excluding carboxylic acids is 1. The van der Waals surface area contributed by atoms with Crippen molar-refractivity contribution in [3.8, 4) is 0 Å². The fourth-order valence-corrected chi connectivity index (χ4v) is 0.833. The molecule has 1 atom stereocenters. The lowest BCUT2D eigenvalue weighted by Crippen LogP contribution is -2.21. The van der Waals surface area contributed by atoms with Crippen molar-refractivity contribution >= 4 is 5.97 Å². The minimum Gasteiger partial charge on any atom is -0.463 e. The Hall–Kier alpha value is -0.610. The average molecular weight is 190 g/mol. The molecule has 0 heterocycles. The molecule has 0 radical (unpaired) electrons. The molecule has 0 amide bonds. The van der Waals surface area contributed by atoms with Crippen molar-refractivity contribution in [1.82, 2.24) is 0 Å². The van der Waals surface area contributed by atoms with Crippen LogP contribution in [0.3, 0.4) is 0 Å². The molecule has 13 heavy (non-hydrogen) atoms. The van der Waals surface area contributed by atoms with Crippen molar-refractivity contribution in [2.45, 2.75) is 38.7 Å². The van der Waals surface area contributed by atoms with E-state index in [0.29, 0.717) is 6.42 Å². The van der Waals surface area contributed by atoms with Crippen LogP contribution < -0.4 is 0 Å². The molecular weight excluding hydrogens is 172 g/mol. The third-order valence-electron chi connectivity index (χ3n) is 1.63. The zero-order valence-electron chi connectivity index (χ0n) is 8.03. The lowest BCUT2D eigenvalue weighted by atomic mass is 10.2. The van der Waals surface area contributed by atoms with Crippen LogP contribution >= 0.6 is 0 Å². The van der Waals surface area contributed by atoms with Crippen molar-refractivity contribution in [1.29, 1.82) is 0 Å². The van der Waals surface area contributed by atoms with Crippen LogP contribution in [0.1, 0.15) is 32.6 Å². The Bertz CT molecular complexity index is 136. The maximum atomic E-state index is 10.9. The molecule has 1 unspecified atom stereocenters. The Balaban J connectivity index is 3.30. The Morgan fingerprint density at radius 1 is 1.46 bits per heavy atom. The number of aliphatic hydroxyl groups excluding tert-OH is 2. The van der Waals surface area contributed by atoms with Gasteiger partial charge in [0.25, 0.3) is 0 Å². The first-order valence-corrected chi connectivity index (χ1v) is 4.65. The van der Waals surface area contributed by atoms with Gasteiger partial charge in [0.2, 0.25) is 0 Å². The number of hydrogen-bond donors (Lipinski definition) is 2. The Morgan fingerprint density at radius 2 is 2.15 bits per heavy atom. The lowest BCUT2D eigenvalue weighted by Gasteiger charge is -2.07. The summed E-state index contributed by atoms with van der Waals surface area (Å²) in [5.41, 5.74) is 0. The molecule has 0 aromatic rings.